The number of rotatable bonds is 6. The Morgan fingerprint density at radius 1 is 1.17 bits per heavy atom. The van der Waals surface area contributed by atoms with Crippen molar-refractivity contribution in [3.05, 3.63) is 58.6 Å². The number of carbonyl (C=O) groups excluding carboxylic acids is 3. The first kappa shape index (κ1) is 20.2. The molecule has 0 unspecified atom stereocenters. The summed E-state index contributed by atoms with van der Waals surface area (Å²) in [6, 6.07) is 9.59. The minimum absolute atomic E-state index is 0.0912. The van der Waals surface area contributed by atoms with Gasteiger partial charge >= 0.3 is 5.97 Å². The minimum Gasteiger partial charge on any atom is -0.454 e. The highest BCUT2D eigenvalue weighted by molar-refractivity contribution is 6.32. The van der Waals surface area contributed by atoms with Crippen LogP contribution in [0.4, 0.5) is 5.69 Å². The summed E-state index contributed by atoms with van der Waals surface area (Å²) in [4.78, 5) is 35.2. The van der Waals surface area contributed by atoms with Gasteiger partial charge in [-0.2, -0.15) is 0 Å². The molecule has 0 bridgehead atoms. The van der Waals surface area contributed by atoms with Crippen LogP contribution in [0.1, 0.15) is 15.9 Å². The predicted molar refractivity (Wildman–Crippen MR) is 106 cm³/mol. The van der Waals surface area contributed by atoms with Gasteiger partial charge in [-0.1, -0.05) is 11.6 Å². The topological polar surface area (TPSA) is 103 Å². The molecule has 29 heavy (non-hydrogen) atoms. The van der Waals surface area contributed by atoms with Crippen molar-refractivity contribution in [3.8, 4) is 11.5 Å². The normalized spacial score (nSPS) is 11.9. The van der Waals surface area contributed by atoms with Crippen molar-refractivity contribution >= 4 is 41.1 Å². The molecule has 0 aromatic heterocycles. The van der Waals surface area contributed by atoms with Gasteiger partial charge in [-0.25, -0.2) is 4.79 Å². The van der Waals surface area contributed by atoms with Crippen LogP contribution >= 0.6 is 11.6 Å². The van der Waals surface area contributed by atoms with Crippen LogP contribution in [0.25, 0.3) is 6.08 Å². The molecule has 2 amide bonds. The number of hydrogen-bond donors (Lipinski definition) is 2. The van der Waals surface area contributed by atoms with Crippen LogP contribution < -0.4 is 20.1 Å². The Hall–Kier alpha value is -3.52. The van der Waals surface area contributed by atoms with Crippen LogP contribution in [0.5, 0.6) is 11.5 Å². The van der Waals surface area contributed by atoms with Gasteiger partial charge in [0, 0.05) is 24.4 Å². The number of nitrogens with one attached hydrogen (secondary N) is 2. The number of ether oxygens (including phenoxy) is 3. The van der Waals surface area contributed by atoms with Gasteiger partial charge in [0.2, 0.25) is 6.79 Å². The number of carbonyl (C=O) groups is 3. The van der Waals surface area contributed by atoms with E-state index in [-0.39, 0.29) is 12.7 Å². The Bertz CT molecular complexity index is 972. The lowest BCUT2D eigenvalue weighted by Crippen LogP contribution is -2.20. The Morgan fingerprint density at radius 2 is 1.93 bits per heavy atom. The molecule has 1 aliphatic rings. The zero-order valence-corrected chi connectivity index (χ0v) is 16.1. The van der Waals surface area contributed by atoms with Gasteiger partial charge in [-0.05, 0) is 48.0 Å². The summed E-state index contributed by atoms with van der Waals surface area (Å²) >= 11 is 6.07. The van der Waals surface area contributed by atoms with E-state index in [2.05, 4.69) is 10.6 Å². The van der Waals surface area contributed by atoms with Crippen LogP contribution in [0.15, 0.2) is 42.5 Å². The van der Waals surface area contributed by atoms with Gasteiger partial charge in [-0.3, -0.25) is 9.59 Å². The number of esters is 1. The standard InChI is InChI=1S/C20H17ClN2O6/c1-22-20(26)13-3-5-14(6-4-13)23-17(24)10-27-18(25)7-2-12-8-15(21)19-16(9-12)28-11-29-19/h2-9H,10-11H2,1H3,(H,22,26)(H,23,24)/b7-2+. The number of amides is 2. The van der Waals surface area contributed by atoms with E-state index in [1.807, 2.05) is 0 Å². The molecule has 2 N–H and O–H groups in total. The Morgan fingerprint density at radius 3 is 2.66 bits per heavy atom. The molecule has 0 radical (unpaired) electrons. The first-order valence-electron chi connectivity index (χ1n) is 8.52. The molecule has 0 saturated carbocycles. The van der Waals surface area contributed by atoms with Crippen LogP contribution in [0.3, 0.4) is 0 Å². The molecule has 2 aromatic carbocycles. The first-order valence-corrected chi connectivity index (χ1v) is 8.90. The van der Waals surface area contributed by atoms with Gasteiger partial charge in [0.1, 0.15) is 0 Å². The monoisotopic (exact) mass is 416 g/mol. The van der Waals surface area contributed by atoms with Gasteiger partial charge in [0.25, 0.3) is 11.8 Å². The van der Waals surface area contributed by atoms with Crippen molar-refractivity contribution in [1.82, 2.24) is 5.32 Å². The fourth-order valence-corrected chi connectivity index (χ4v) is 2.75. The van der Waals surface area contributed by atoms with Crippen LogP contribution in [0.2, 0.25) is 5.02 Å². The van der Waals surface area contributed by atoms with Gasteiger partial charge in [0.15, 0.2) is 18.1 Å². The van der Waals surface area contributed by atoms with Gasteiger partial charge in [0.05, 0.1) is 5.02 Å². The van der Waals surface area contributed by atoms with Crippen LogP contribution in [-0.4, -0.2) is 38.2 Å². The average molecular weight is 417 g/mol. The number of halogens is 1. The molecule has 150 valence electrons. The third-order valence-electron chi connectivity index (χ3n) is 3.86. The van der Waals surface area contributed by atoms with E-state index in [1.54, 1.807) is 36.4 Å². The molecular weight excluding hydrogens is 400 g/mol. The van der Waals surface area contributed by atoms with E-state index in [9.17, 15) is 14.4 Å². The minimum atomic E-state index is -0.691. The van der Waals surface area contributed by atoms with E-state index in [0.717, 1.165) is 0 Å². The fraction of sp³-hybridized carbons (Fsp3) is 0.150. The molecule has 2 aromatic rings. The van der Waals surface area contributed by atoms with E-state index >= 15 is 0 Å². The number of hydrogen-bond acceptors (Lipinski definition) is 6. The molecule has 0 fully saturated rings. The van der Waals surface area contributed by atoms with Gasteiger partial charge in [-0.15, -0.1) is 0 Å². The number of benzene rings is 2. The molecule has 1 heterocycles. The van der Waals surface area contributed by atoms with Crippen molar-refractivity contribution < 1.29 is 28.6 Å². The third kappa shape index (κ3) is 5.26. The highest BCUT2D eigenvalue weighted by Gasteiger charge is 2.17. The van der Waals surface area contributed by atoms with E-state index in [1.165, 1.54) is 19.2 Å². The fourth-order valence-electron chi connectivity index (χ4n) is 2.48. The lowest BCUT2D eigenvalue weighted by molar-refractivity contribution is -0.142. The van der Waals surface area contributed by atoms with Crippen molar-refractivity contribution in [2.45, 2.75) is 0 Å². The molecule has 0 atom stereocenters. The Balaban J connectivity index is 1.49. The zero-order valence-electron chi connectivity index (χ0n) is 15.4. The van der Waals surface area contributed by atoms with Crippen molar-refractivity contribution in [1.29, 1.82) is 0 Å². The maximum absolute atomic E-state index is 11.9. The van der Waals surface area contributed by atoms with Crippen LogP contribution in [0, 0.1) is 0 Å². The molecule has 0 aliphatic carbocycles. The summed E-state index contributed by atoms with van der Waals surface area (Å²) in [5.74, 6) is -0.472. The summed E-state index contributed by atoms with van der Waals surface area (Å²) in [5.41, 5.74) is 1.56. The summed E-state index contributed by atoms with van der Waals surface area (Å²) in [6.45, 7) is -0.365. The summed E-state index contributed by atoms with van der Waals surface area (Å²) in [6.07, 6.45) is 2.67. The molecule has 1 aliphatic heterocycles. The summed E-state index contributed by atoms with van der Waals surface area (Å²) in [5, 5.41) is 5.44. The molecule has 0 spiro atoms. The van der Waals surface area contributed by atoms with Crippen molar-refractivity contribution in [2.75, 3.05) is 25.8 Å². The maximum Gasteiger partial charge on any atom is 0.331 e. The largest absolute Gasteiger partial charge is 0.454 e. The molecular formula is C20H17ClN2O6. The van der Waals surface area contributed by atoms with E-state index < -0.39 is 18.5 Å². The van der Waals surface area contributed by atoms with Crippen molar-refractivity contribution in [3.63, 3.8) is 0 Å². The quantitative estimate of drug-likeness (QED) is 0.554. The maximum atomic E-state index is 11.9. The van der Waals surface area contributed by atoms with E-state index in [0.29, 0.717) is 33.3 Å². The molecule has 3 rings (SSSR count). The van der Waals surface area contributed by atoms with Crippen LogP contribution in [-0.2, 0) is 14.3 Å². The van der Waals surface area contributed by atoms with Crippen molar-refractivity contribution in [2.24, 2.45) is 0 Å². The molecule has 8 nitrogen and oxygen atoms in total. The average Bonchev–Trinajstić information content (AvgIpc) is 3.20. The highest BCUT2D eigenvalue weighted by Crippen LogP contribution is 2.40. The zero-order chi connectivity index (χ0) is 20.8. The smallest absolute Gasteiger partial charge is 0.331 e. The lowest BCUT2D eigenvalue weighted by atomic mass is 10.2. The highest BCUT2D eigenvalue weighted by atomic mass is 35.5. The first-order chi connectivity index (χ1) is 14.0. The summed E-state index contributed by atoms with van der Waals surface area (Å²) in [7, 11) is 1.53. The SMILES string of the molecule is CNC(=O)c1ccc(NC(=O)COC(=O)/C=C/c2cc(Cl)c3c(c2)OCO3)cc1. The number of fused-ring (bicyclic) bond motifs is 1. The predicted octanol–water partition coefficient (Wildman–Crippen LogP) is 2.62. The van der Waals surface area contributed by atoms with E-state index in [4.69, 9.17) is 25.8 Å². The molecule has 9 heteroatoms. The Kier molecular flexibility index (Phi) is 6.36. The summed E-state index contributed by atoms with van der Waals surface area (Å²) < 4.78 is 15.4. The lowest BCUT2D eigenvalue weighted by Gasteiger charge is -2.06. The third-order valence-corrected chi connectivity index (χ3v) is 4.15. The molecule has 0 saturated heterocycles. The van der Waals surface area contributed by atoms with Gasteiger partial charge < -0.3 is 24.8 Å². The number of anilines is 1. The second kappa shape index (κ2) is 9.11. The Labute approximate surface area is 171 Å². The second-order valence-electron chi connectivity index (χ2n) is 5.88. The second-order valence-corrected chi connectivity index (χ2v) is 6.29.